The molecule has 2 aromatic carbocycles. The standard InChI is InChI=1S/C19H21NO5/c1-13(19(22)23)20(12-14-7-5-4-6-8-14)18(21)16-11-15(24-2)9-10-17(16)25-3/h4-11,13H,12H2,1-3H3,(H,22,23). The summed E-state index contributed by atoms with van der Waals surface area (Å²) in [5.74, 6) is -0.658. The van der Waals surface area contributed by atoms with Crippen LogP contribution >= 0.6 is 0 Å². The van der Waals surface area contributed by atoms with Crippen LogP contribution in [0.5, 0.6) is 11.5 Å². The van der Waals surface area contributed by atoms with Crippen molar-refractivity contribution in [2.24, 2.45) is 0 Å². The monoisotopic (exact) mass is 343 g/mol. The lowest BCUT2D eigenvalue weighted by molar-refractivity contribution is -0.141. The average Bonchev–Trinajstić information content (AvgIpc) is 2.65. The van der Waals surface area contributed by atoms with Gasteiger partial charge in [0.1, 0.15) is 17.5 Å². The van der Waals surface area contributed by atoms with Crippen molar-refractivity contribution in [3.05, 3.63) is 59.7 Å². The van der Waals surface area contributed by atoms with E-state index in [2.05, 4.69) is 0 Å². The maximum Gasteiger partial charge on any atom is 0.326 e. The summed E-state index contributed by atoms with van der Waals surface area (Å²) < 4.78 is 10.4. The quantitative estimate of drug-likeness (QED) is 0.836. The highest BCUT2D eigenvalue weighted by Gasteiger charge is 2.28. The van der Waals surface area contributed by atoms with Gasteiger partial charge in [-0.3, -0.25) is 4.79 Å². The summed E-state index contributed by atoms with van der Waals surface area (Å²) in [7, 11) is 2.96. The van der Waals surface area contributed by atoms with Crippen LogP contribution in [0.1, 0.15) is 22.8 Å². The number of benzene rings is 2. The van der Waals surface area contributed by atoms with Crippen LogP contribution < -0.4 is 9.47 Å². The highest BCUT2D eigenvalue weighted by molar-refractivity contribution is 5.99. The van der Waals surface area contributed by atoms with Gasteiger partial charge >= 0.3 is 5.97 Å². The van der Waals surface area contributed by atoms with Crippen LogP contribution in [0, 0.1) is 0 Å². The highest BCUT2D eigenvalue weighted by Crippen LogP contribution is 2.26. The minimum atomic E-state index is -1.08. The number of carbonyl (C=O) groups excluding carboxylic acids is 1. The van der Waals surface area contributed by atoms with Crippen molar-refractivity contribution < 1.29 is 24.2 Å². The first kappa shape index (κ1) is 18.3. The Morgan fingerprint density at radius 3 is 2.32 bits per heavy atom. The van der Waals surface area contributed by atoms with E-state index in [1.54, 1.807) is 18.2 Å². The van der Waals surface area contributed by atoms with E-state index in [1.165, 1.54) is 26.0 Å². The number of carboxylic acid groups (broad SMARTS) is 1. The fraction of sp³-hybridized carbons (Fsp3) is 0.263. The molecule has 6 nitrogen and oxygen atoms in total. The minimum absolute atomic E-state index is 0.174. The Morgan fingerprint density at radius 2 is 1.76 bits per heavy atom. The van der Waals surface area contributed by atoms with Crippen molar-refractivity contribution in [1.29, 1.82) is 0 Å². The summed E-state index contributed by atoms with van der Waals surface area (Å²) in [4.78, 5) is 25.9. The number of rotatable bonds is 7. The number of hydrogen-bond acceptors (Lipinski definition) is 4. The first-order valence-electron chi connectivity index (χ1n) is 7.77. The van der Waals surface area contributed by atoms with Crippen LogP contribution in [0.2, 0.25) is 0 Å². The molecule has 0 fully saturated rings. The molecule has 0 heterocycles. The molecule has 132 valence electrons. The van der Waals surface area contributed by atoms with Gasteiger partial charge in [-0.25, -0.2) is 4.79 Å². The van der Waals surface area contributed by atoms with Gasteiger partial charge in [-0.05, 0) is 30.7 Å². The van der Waals surface area contributed by atoms with Gasteiger partial charge in [0, 0.05) is 6.54 Å². The zero-order valence-corrected chi connectivity index (χ0v) is 14.4. The molecule has 0 aliphatic carbocycles. The van der Waals surface area contributed by atoms with Gasteiger partial charge in [-0.15, -0.1) is 0 Å². The molecular formula is C19H21NO5. The van der Waals surface area contributed by atoms with Crippen LogP contribution in [-0.2, 0) is 11.3 Å². The van der Waals surface area contributed by atoms with Crippen molar-refractivity contribution in [2.75, 3.05) is 14.2 Å². The zero-order chi connectivity index (χ0) is 18.4. The maximum atomic E-state index is 13.1. The second-order valence-electron chi connectivity index (χ2n) is 5.50. The number of methoxy groups -OCH3 is 2. The molecule has 1 unspecified atom stereocenters. The molecule has 0 aromatic heterocycles. The highest BCUT2D eigenvalue weighted by atomic mass is 16.5. The van der Waals surface area contributed by atoms with Crippen LogP contribution in [0.4, 0.5) is 0 Å². The second-order valence-corrected chi connectivity index (χ2v) is 5.50. The van der Waals surface area contributed by atoms with E-state index in [-0.39, 0.29) is 12.1 Å². The summed E-state index contributed by atoms with van der Waals surface area (Å²) in [6.45, 7) is 1.66. The third-order valence-electron chi connectivity index (χ3n) is 3.92. The van der Waals surface area contributed by atoms with Crippen molar-refractivity contribution in [3.63, 3.8) is 0 Å². The van der Waals surface area contributed by atoms with E-state index >= 15 is 0 Å². The predicted molar refractivity (Wildman–Crippen MR) is 93.0 cm³/mol. The largest absolute Gasteiger partial charge is 0.497 e. The molecule has 1 atom stereocenters. The van der Waals surface area contributed by atoms with E-state index in [4.69, 9.17) is 9.47 Å². The van der Waals surface area contributed by atoms with Crippen molar-refractivity contribution in [3.8, 4) is 11.5 Å². The second kappa shape index (κ2) is 8.19. The van der Waals surface area contributed by atoms with Crippen LogP contribution in [0.25, 0.3) is 0 Å². The first-order valence-corrected chi connectivity index (χ1v) is 7.77. The van der Waals surface area contributed by atoms with E-state index in [0.29, 0.717) is 11.5 Å². The lowest BCUT2D eigenvalue weighted by Gasteiger charge is -2.27. The van der Waals surface area contributed by atoms with Gasteiger partial charge in [0.05, 0.1) is 19.8 Å². The fourth-order valence-electron chi connectivity index (χ4n) is 2.43. The van der Waals surface area contributed by atoms with Crippen LogP contribution in [0.15, 0.2) is 48.5 Å². The van der Waals surface area contributed by atoms with E-state index in [1.807, 2.05) is 30.3 Å². The molecule has 6 heteroatoms. The number of amides is 1. The van der Waals surface area contributed by atoms with Gasteiger partial charge in [0.25, 0.3) is 5.91 Å². The Labute approximate surface area is 146 Å². The smallest absolute Gasteiger partial charge is 0.326 e. The Kier molecular flexibility index (Phi) is 6.00. The number of ether oxygens (including phenoxy) is 2. The fourth-order valence-corrected chi connectivity index (χ4v) is 2.43. The van der Waals surface area contributed by atoms with E-state index in [0.717, 1.165) is 5.56 Å². The third kappa shape index (κ3) is 4.29. The molecule has 0 aliphatic rings. The van der Waals surface area contributed by atoms with Gasteiger partial charge < -0.3 is 19.5 Å². The summed E-state index contributed by atoms with van der Waals surface area (Å²) in [5, 5.41) is 9.40. The van der Waals surface area contributed by atoms with Gasteiger partial charge in [0.15, 0.2) is 0 Å². The molecule has 0 saturated carbocycles. The lowest BCUT2D eigenvalue weighted by Crippen LogP contribution is -2.42. The molecule has 0 spiro atoms. The zero-order valence-electron chi connectivity index (χ0n) is 14.4. The van der Waals surface area contributed by atoms with Crippen LogP contribution in [-0.4, -0.2) is 42.1 Å². The maximum absolute atomic E-state index is 13.1. The molecule has 0 saturated heterocycles. The normalized spacial score (nSPS) is 11.5. The predicted octanol–water partition coefficient (Wildman–Crippen LogP) is 2.82. The summed E-state index contributed by atoms with van der Waals surface area (Å²) in [6, 6.07) is 13.1. The van der Waals surface area contributed by atoms with Crippen molar-refractivity contribution in [1.82, 2.24) is 4.90 Å². The van der Waals surface area contributed by atoms with E-state index in [9.17, 15) is 14.7 Å². The molecule has 0 bridgehead atoms. The van der Waals surface area contributed by atoms with Crippen molar-refractivity contribution in [2.45, 2.75) is 19.5 Å². The summed E-state index contributed by atoms with van der Waals surface area (Å²) in [6.07, 6.45) is 0. The Balaban J connectivity index is 2.43. The van der Waals surface area contributed by atoms with Crippen LogP contribution in [0.3, 0.4) is 0 Å². The molecule has 2 rings (SSSR count). The lowest BCUT2D eigenvalue weighted by atomic mass is 10.1. The Morgan fingerprint density at radius 1 is 1.08 bits per heavy atom. The Hall–Kier alpha value is -3.02. The molecule has 1 amide bonds. The Bertz CT molecular complexity index is 745. The van der Waals surface area contributed by atoms with Gasteiger partial charge in [-0.1, -0.05) is 30.3 Å². The molecule has 1 N–H and O–H groups in total. The molecule has 0 aliphatic heterocycles. The number of nitrogens with zero attached hydrogens (tertiary/aromatic N) is 1. The minimum Gasteiger partial charge on any atom is -0.497 e. The van der Waals surface area contributed by atoms with Gasteiger partial charge in [0.2, 0.25) is 0 Å². The SMILES string of the molecule is COc1ccc(OC)c(C(=O)N(Cc2ccccc2)C(C)C(=O)O)c1. The number of hydrogen-bond donors (Lipinski definition) is 1. The molecule has 2 aromatic rings. The van der Waals surface area contributed by atoms with Gasteiger partial charge in [-0.2, -0.15) is 0 Å². The van der Waals surface area contributed by atoms with Crippen molar-refractivity contribution >= 4 is 11.9 Å². The molecular weight excluding hydrogens is 322 g/mol. The van der Waals surface area contributed by atoms with E-state index < -0.39 is 17.9 Å². The number of carbonyl (C=O) groups is 2. The number of aliphatic carboxylic acids is 1. The average molecular weight is 343 g/mol. The summed E-state index contributed by atoms with van der Waals surface area (Å²) in [5.41, 5.74) is 1.09. The molecule has 0 radical (unpaired) electrons. The topological polar surface area (TPSA) is 76.1 Å². The first-order chi connectivity index (χ1) is 12.0. The third-order valence-corrected chi connectivity index (χ3v) is 3.92. The number of carboxylic acids is 1. The summed E-state index contributed by atoms with van der Waals surface area (Å²) >= 11 is 0. The molecule has 25 heavy (non-hydrogen) atoms.